The molecule has 1 fully saturated rings. The number of hydrogen-bond donors (Lipinski definition) is 4. The number of fused-ring (bicyclic) bond motifs is 2. The lowest BCUT2D eigenvalue weighted by atomic mass is 10.1. The normalized spacial score (nSPS) is 25.1. The number of thioether (sulfide) groups is 1. The number of para-hydroxylation sites is 2. The van der Waals surface area contributed by atoms with Crippen molar-refractivity contribution < 1.29 is 14.9 Å². The first-order valence-electron chi connectivity index (χ1n) is 8.64. The van der Waals surface area contributed by atoms with Gasteiger partial charge in [-0.15, -0.1) is 0 Å². The van der Waals surface area contributed by atoms with Gasteiger partial charge in [0.15, 0.2) is 22.8 Å². The van der Waals surface area contributed by atoms with Crippen molar-refractivity contribution >= 4 is 39.8 Å². The van der Waals surface area contributed by atoms with E-state index in [1.54, 1.807) is 4.57 Å². The Bertz CT molecular complexity index is 1110. The molecule has 1 aliphatic rings. The zero-order chi connectivity index (χ0) is 19.3. The minimum atomic E-state index is -1.13. The van der Waals surface area contributed by atoms with Gasteiger partial charge in [-0.1, -0.05) is 23.9 Å². The fourth-order valence-corrected chi connectivity index (χ4v) is 4.25. The van der Waals surface area contributed by atoms with E-state index in [0.717, 1.165) is 16.2 Å². The molecular formula is C17H17N7O3S. The molecule has 0 unspecified atom stereocenters. The number of aromatic nitrogens is 6. The van der Waals surface area contributed by atoms with Gasteiger partial charge in [0.25, 0.3) is 0 Å². The van der Waals surface area contributed by atoms with Crippen molar-refractivity contribution in [1.82, 2.24) is 29.5 Å². The van der Waals surface area contributed by atoms with Gasteiger partial charge in [0, 0.05) is 5.75 Å². The number of anilines is 1. The van der Waals surface area contributed by atoms with Crippen LogP contribution in [0, 0.1) is 0 Å². The number of nitrogens with one attached hydrogen (secondary N) is 1. The fourth-order valence-electron chi connectivity index (χ4n) is 3.31. The highest BCUT2D eigenvalue weighted by atomic mass is 32.2. The Morgan fingerprint density at radius 2 is 2.04 bits per heavy atom. The predicted molar refractivity (Wildman–Crippen MR) is 102 cm³/mol. The number of ether oxygens (including phenoxy) is 1. The van der Waals surface area contributed by atoms with Gasteiger partial charge in [-0.3, -0.25) is 4.57 Å². The van der Waals surface area contributed by atoms with Gasteiger partial charge < -0.3 is 25.7 Å². The molecule has 1 aromatic carbocycles. The average Bonchev–Trinajstić information content (AvgIpc) is 3.38. The van der Waals surface area contributed by atoms with Crippen LogP contribution in [0.3, 0.4) is 0 Å². The van der Waals surface area contributed by atoms with E-state index in [9.17, 15) is 10.2 Å². The molecule has 10 nitrogen and oxygen atoms in total. The topological polar surface area (TPSA) is 148 Å². The Morgan fingerprint density at radius 3 is 2.89 bits per heavy atom. The first-order valence-corrected chi connectivity index (χ1v) is 9.62. The van der Waals surface area contributed by atoms with Crippen LogP contribution in [0.4, 0.5) is 5.82 Å². The van der Waals surface area contributed by atoms with Crippen LogP contribution >= 0.6 is 11.8 Å². The number of aliphatic hydroxyl groups is 2. The Morgan fingerprint density at radius 1 is 1.18 bits per heavy atom. The zero-order valence-electron chi connectivity index (χ0n) is 14.5. The van der Waals surface area contributed by atoms with Crippen molar-refractivity contribution in [2.24, 2.45) is 0 Å². The Kier molecular flexibility index (Phi) is 4.16. The average molecular weight is 399 g/mol. The van der Waals surface area contributed by atoms with Gasteiger partial charge in [0.05, 0.1) is 23.5 Å². The molecule has 0 amide bonds. The maximum atomic E-state index is 10.5. The monoisotopic (exact) mass is 399 g/mol. The summed E-state index contributed by atoms with van der Waals surface area (Å²) in [6.07, 6.45) is -0.799. The molecule has 0 aliphatic carbocycles. The number of hydrogen-bond acceptors (Lipinski definition) is 9. The Labute approximate surface area is 162 Å². The van der Waals surface area contributed by atoms with E-state index in [0.29, 0.717) is 16.9 Å². The minimum absolute atomic E-state index is 0.244. The number of rotatable bonds is 4. The van der Waals surface area contributed by atoms with Gasteiger partial charge in [-0.2, -0.15) is 0 Å². The molecule has 5 rings (SSSR count). The van der Waals surface area contributed by atoms with Crippen LogP contribution in [-0.4, -0.2) is 63.8 Å². The third-order valence-corrected chi connectivity index (χ3v) is 5.71. The summed E-state index contributed by atoms with van der Waals surface area (Å²) in [5, 5.41) is 21.7. The lowest BCUT2D eigenvalue weighted by Crippen LogP contribution is -2.32. The molecule has 144 valence electrons. The van der Waals surface area contributed by atoms with Gasteiger partial charge in [0.1, 0.15) is 24.1 Å². The SMILES string of the molecule is Nc1ncnc2c1ncn2[C@@H]1O[C@H](CSc2nc3ccccc3[nH]2)[C@@H](O)[C@H]1O. The Hall–Kier alpha value is -2.73. The standard InChI is InChI=1S/C17H17N7O3S/c18-14-11-15(20-6-19-14)24(7-21-11)16-13(26)12(25)10(27-16)5-28-17-22-8-3-1-2-4-9(8)23-17/h1-4,6-7,10,12-13,16,25-26H,5H2,(H,22,23)(H2,18,19,20)/t10-,12-,13-,16-/m1/s1. The minimum Gasteiger partial charge on any atom is -0.387 e. The first-order chi connectivity index (χ1) is 13.6. The molecule has 4 heterocycles. The maximum absolute atomic E-state index is 10.5. The van der Waals surface area contributed by atoms with Crippen LogP contribution in [0.25, 0.3) is 22.2 Å². The van der Waals surface area contributed by atoms with Crippen LogP contribution < -0.4 is 5.73 Å². The molecule has 4 atom stereocenters. The number of H-pyrrole nitrogens is 1. The Balaban J connectivity index is 1.35. The van der Waals surface area contributed by atoms with E-state index in [1.165, 1.54) is 24.4 Å². The number of aliphatic hydroxyl groups excluding tert-OH is 2. The molecule has 0 saturated carbocycles. The number of aromatic amines is 1. The third kappa shape index (κ3) is 2.79. The van der Waals surface area contributed by atoms with E-state index in [-0.39, 0.29) is 5.82 Å². The van der Waals surface area contributed by atoms with E-state index >= 15 is 0 Å². The lowest BCUT2D eigenvalue weighted by Gasteiger charge is -2.16. The zero-order valence-corrected chi connectivity index (χ0v) is 15.3. The van der Waals surface area contributed by atoms with Crippen LogP contribution in [-0.2, 0) is 4.74 Å². The second-order valence-corrected chi connectivity index (χ2v) is 7.51. The first kappa shape index (κ1) is 17.4. The number of nitrogens with two attached hydrogens (primary N) is 1. The molecule has 28 heavy (non-hydrogen) atoms. The van der Waals surface area contributed by atoms with Crippen LogP contribution in [0.5, 0.6) is 0 Å². The molecule has 0 radical (unpaired) electrons. The van der Waals surface area contributed by atoms with E-state index in [2.05, 4.69) is 24.9 Å². The molecular weight excluding hydrogens is 382 g/mol. The van der Waals surface area contributed by atoms with Gasteiger partial charge in [0.2, 0.25) is 0 Å². The number of nitrogen functional groups attached to an aromatic ring is 1. The summed E-state index contributed by atoms with van der Waals surface area (Å²) in [4.78, 5) is 20.0. The van der Waals surface area contributed by atoms with E-state index in [4.69, 9.17) is 10.5 Å². The molecule has 4 aromatic rings. The van der Waals surface area contributed by atoms with Crippen LogP contribution in [0.1, 0.15) is 6.23 Å². The second-order valence-electron chi connectivity index (χ2n) is 6.50. The van der Waals surface area contributed by atoms with Crippen molar-refractivity contribution in [2.45, 2.75) is 29.7 Å². The maximum Gasteiger partial charge on any atom is 0.167 e. The van der Waals surface area contributed by atoms with E-state index < -0.39 is 24.5 Å². The highest BCUT2D eigenvalue weighted by molar-refractivity contribution is 7.99. The quantitative estimate of drug-likeness (QED) is 0.364. The molecule has 0 bridgehead atoms. The molecule has 1 saturated heterocycles. The second kappa shape index (κ2) is 6.71. The van der Waals surface area contributed by atoms with Crippen LogP contribution in [0.2, 0.25) is 0 Å². The van der Waals surface area contributed by atoms with Crippen molar-refractivity contribution in [1.29, 1.82) is 0 Å². The lowest BCUT2D eigenvalue weighted by molar-refractivity contribution is -0.0289. The smallest absolute Gasteiger partial charge is 0.167 e. The summed E-state index contributed by atoms with van der Waals surface area (Å²) in [6.45, 7) is 0. The number of imidazole rings is 2. The largest absolute Gasteiger partial charge is 0.387 e. The van der Waals surface area contributed by atoms with Crippen molar-refractivity contribution in [3.63, 3.8) is 0 Å². The van der Waals surface area contributed by atoms with Crippen molar-refractivity contribution in [3.8, 4) is 0 Å². The molecule has 11 heteroatoms. The molecule has 0 spiro atoms. The summed E-state index contributed by atoms with van der Waals surface area (Å²) in [6, 6.07) is 7.73. The summed E-state index contributed by atoms with van der Waals surface area (Å²) in [5.41, 5.74) is 8.49. The van der Waals surface area contributed by atoms with E-state index in [1.807, 2.05) is 24.3 Å². The summed E-state index contributed by atoms with van der Waals surface area (Å²) in [5.74, 6) is 0.659. The molecule has 5 N–H and O–H groups in total. The van der Waals surface area contributed by atoms with Gasteiger partial charge in [-0.05, 0) is 12.1 Å². The fraction of sp³-hybridized carbons (Fsp3) is 0.294. The predicted octanol–water partition coefficient (Wildman–Crippen LogP) is 0.696. The number of benzene rings is 1. The van der Waals surface area contributed by atoms with Crippen molar-refractivity contribution in [3.05, 3.63) is 36.9 Å². The highest BCUT2D eigenvalue weighted by Gasteiger charge is 2.44. The molecule has 1 aliphatic heterocycles. The van der Waals surface area contributed by atoms with Gasteiger partial charge >= 0.3 is 0 Å². The highest BCUT2D eigenvalue weighted by Crippen LogP contribution is 2.34. The van der Waals surface area contributed by atoms with Gasteiger partial charge in [-0.25, -0.2) is 19.9 Å². The molecule has 3 aromatic heterocycles. The van der Waals surface area contributed by atoms with Crippen molar-refractivity contribution in [2.75, 3.05) is 11.5 Å². The summed E-state index contributed by atoms with van der Waals surface area (Å²) < 4.78 is 7.50. The summed E-state index contributed by atoms with van der Waals surface area (Å²) >= 11 is 1.42. The number of nitrogens with zero attached hydrogens (tertiary/aromatic N) is 5. The van der Waals surface area contributed by atoms with Crippen LogP contribution in [0.15, 0.2) is 42.1 Å². The summed E-state index contributed by atoms with van der Waals surface area (Å²) in [7, 11) is 0. The third-order valence-electron chi connectivity index (χ3n) is 4.75.